The number of hydrogen-bond donors (Lipinski definition) is 1. The molecule has 0 spiro atoms. The Balaban J connectivity index is 1.46. The van der Waals surface area contributed by atoms with E-state index >= 15 is 0 Å². The molecule has 3 amide bonds. The molecule has 1 unspecified atom stereocenters. The molecule has 2 heterocycles. The summed E-state index contributed by atoms with van der Waals surface area (Å²) < 4.78 is 0. The molecule has 1 atom stereocenters. The number of nitrogens with one attached hydrogen (secondary N) is 1. The van der Waals surface area contributed by atoms with Crippen molar-refractivity contribution in [3.63, 3.8) is 0 Å². The van der Waals surface area contributed by atoms with Gasteiger partial charge in [0.2, 0.25) is 5.91 Å². The minimum Gasteiger partial charge on any atom is -0.324 e. The predicted molar refractivity (Wildman–Crippen MR) is 120 cm³/mol. The number of fused-ring (bicyclic) bond motifs is 1. The fraction of sp³-hybridized carbons (Fsp3) is 0.400. The van der Waals surface area contributed by atoms with Crippen LogP contribution in [-0.2, 0) is 11.3 Å². The molecule has 1 saturated heterocycles. The van der Waals surface area contributed by atoms with Crippen LogP contribution in [0.15, 0.2) is 48.5 Å². The number of benzene rings is 2. The van der Waals surface area contributed by atoms with Gasteiger partial charge in [-0.3, -0.25) is 24.2 Å². The summed E-state index contributed by atoms with van der Waals surface area (Å²) in [7, 11) is 0. The molecule has 1 N–H and O–H groups in total. The van der Waals surface area contributed by atoms with E-state index in [2.05, 4.69) is 10.2 Å². The number of amides is 3. The van der Waals surface area contributed by atoms with Gasteiger partial charge in [0, 0.05) is 12.2 Å². The number of piperidine rings is 1. The third-order valence-electron chi connectivity index (χ3n) is 6.08. The number of carbonyl (C=O) groups is 3. The molecular weight excluding hydrogens is 390 g/mol. The monoisotopic (exact) mass is 419 g/mol. The minimum atomic E-state index is -0.875. The average molecular weight is 420 g/mol. The third-order valence-corrected chi connectivity index (χ3v) is 6.08. The van der Waals surface area contributed by atoms with Crippen LogP contribution in [0.5, 0.6) is 0 Å². The maximum atomic E-state index is 13.1. The molecule has 162 valence electrons. The van der Waals surface area contributed by atoms with Gasteiger partial charge < -0.3 is 5.32 Å². The van der Waals surface area contributed by atoms with Crippen LogP contribution in [-0.4, -0.2) is 46.7 Å². The quantitative estimate of drug-likeness (QED) is 0.721. The number of carbonyl (C=O) groups excluding carboxylic acids is 3. The van der Waals surface area contributed by atoms with E-state index in [1.54, 1.807) is 24.3 Å². The zero-order valence-electron chi connectivity index (χ0n) is 18.1. The maximum absolute atomic E-state index is 13.1. The van der Waals surface area contributed by atoms with Crippen LogP contribution >= 0.6 is 0 Å². The standard InChI is InChI=1S/C25H29N3O3/c1-17(2)22(28-24(30)20-8-4-5-9-21(20)25(28)31)23(29)26-19-12-10-18(11-13-19)16-27-14-6-3-7-15-27/h4-5,8-13,17,22H,3,6-7,14-16H2,1-2H3,(H,26,29). The van der Waals surface area contributed by atoms with Crippen LogP contribution in [0.3, 0.4) is 0 Å². The Hall–Kier alpha value is -2.99. The fourth-order valence-electron chi connectivity index (χ4n) is 4.46. The number of rotatable bonds is 6. The fourth-order valence-corrected chi connectivity index (χ4v) is 4.46. The first kappa shape index (κ1) is 21.2. The van der Waals surface area contributed by atoms with Gasteiger partial charge in [-0.2, -0.15) is 0 Å². The highest BCUT2D eigenvalue weighted by Crippen LogP contribution is 2.28. The lowest BCUT2D eigenvalue weighted by atomic mass is 10.0. The van der Waals surface area contributed by atoms with E-state index in [9.17, 15) is 14.4 Å². The first-order valence-electron chi connectivity index (χ1n) is 11.0. The Morgan fingerprint density at radius 3 is 2.03 bits per heavy atom. The van der Waals surface area contributed by atoms with Gasteiger partial charge >= 0.3 is 0 Å². The number of likely N-dealkylation sites (tertiary alicyclic amines) is 1. The molecule has 0 aromatic heterocycles. The molecule has 4 rings (SSSR count). The number of imide groups is 1. The Morgan fingerprint density at radius 1 is 0.903 bits per heavy atom. The summed E-state index contributed by atoms with van der Waals surface area (Å²) >= 11 is 0. The molecule has 6 heteroatoms. The Labute approximate surface area is 183 Å². The topological polar surface area (TPSA) is 69.7 Å². The van der Waals surface area contributed by atoms with E-state index in [0.717, 1.165) is 24.5 Å². The van der Waals surface area contributed by atoms with Gasteiger partial charge in [0.05, 0.1) is 11.1 Å². The van der Waals surface area contributed by atoms with Crippen LogP contribution in [0, 0.1) is 5.92 Å². The molecule has 1 fully saturated rings. The SMILES string of the molecule is CC(C)C(C(=O)Nc1ccc(CN2CCCCC2)cc1)N1C(=O)c2ccccc2C1=O. The second-order valence-corrected chi connectivity index (χ2v) is 8.74. The summed E-state index contributed by atoms with van der Waals surface area (Å²) in [4.78, 5) is 42.4. The van der Waals surface area contributed by atoms with E-state index in [0.29, 0.717) is 16.8 Å². The summed E-state index contributed by atoms with van der Waals surface area (Å²) in [6, 6.07) is 13.7. The first-order valence-corrected chi connectivity index (χ1v) is 11.0. The molecule has 2 aliphatic heterocycles. The Morgan fingerprint density at radius 2 is 1.48 bits per heavy atom. The summed E-state index contributed by atoms with van der Waals surface area (Å²) in [5.41, 5.74) is 2.58. The molecule has 2 aromatic carbocycles. The maximum Gasteiger partial charge on any atom is 0.262 e. The van der Waals surface area contributed by atoms with E-state index in [-0.39, 0.29) is 11.8 Å². The van der Waals surface area contributed by atoms with Crippen LogP contribution in [0.25, 0.3) is 0 Å². The predicted octanol–water partition coefficient (Wildman–Crippen LogP) is 3.93. The molecule has 0 saturated carbocycles. The summed E-state index contributed by atoms with van der Waals surface area (Å²) in [6.07, 6.45) is 3.82. The normalized spacial score (nSPS) is 17.7. The van der Waals surface area contributed by atoms with Gasteiger partial charge in [-0.15, -0.1) is 0 Å². The van der Waals surface area contributed by atoms with Crippen molar-refractivity contribution < 1.29 is 14.4 Å². The Kier molecular flexibility index (Phi) is 6.18. The minimum absolute atomic E-state index is 0.222. The van der Waals surface area contributed by atoms with Crippen molar-refractivity contribution in [3.8, 4) is 0 Å². The highest BCUT2D eigenvalue weighted by atomic mass is 16.2. The van der Waals surface area contributed by atoms with Crippen molar-refractivity contribution in [1.29, 1.82) is 0 Å². The lowest BCUT2D eigenvalue weighted by Gasteiger charge is -2.28. The summed E-state index contributed by atoms with van der Waals surface area (Å²) in [5.74, 6) is -1.40. The van der Waals surface area contributed by atoms with E-state index in [4.69, 9.17) is 0 Å². The molecule has 2 aromatic rings. The van der Waals surface area contributed by atoms with Crippen molar-refractivity contribution in [1.82, 2.24) is 9.80 Å². The van der Waals surface area contributed by atoms with Crippen LogP contribution in [0.4, 0.5) is 5.69 Å². The Bertz CT molecular complexity index is 943. The van der Waals surface area contributed by atoms with Gasteiger partial charge in [-0.05, 0) is 61.7 Å². The van der Waals surface area contributed by atoms with Gasteiger partial charge in [0.25, 0.3) is 11.8 Å². The lowest BCUT2D eigenvalue weighted by molar-refractivity contribution is -0.121. The summed E-state index contributed by atoms with van der Waals surface area (Å²) in [5, 5.41) is 2.90. The van der Waals surface area contributed by atoms with E-state index in [1.807, 2.05) is 38.1 Å². The van der Waals surface area contributed by atoms with Crippen molar-refractivity contribution in [2.24, 2.45) is 5.92 Å². The van der Waals surface area contributed by atoms with Crippen LogP contribution < -0.4 is 5.32 Å². The van der Waals surface area contributed by atoms with Crippen molar-refractivity contribution in [2.75, 3.05) is 18.4 Å². The van der Waals surface area contributed by atoms with Crippen LogP contribution in [0.2, 0.25) is 0 Å². The molecule has 0 bridgehead atoms. The number of hydrogen-bond acceptors (Lipinski definition) is 4. The molecule has 6 nitrogen and oxygen atoms in total. The summed E-state index contributed by atoms with van der Waals surface area (Å²) in [6.45, 7) is 6.87. The second kappa shape index (κ2) is 9.02. The van der Waals surface area contributed by atoms with Gasteiger partial charge in [0.15, 0.2) is 0 Å². The highest BCUT2D eigenvalue weighted by molar-refractivity contribution is 6.23. The number of anilines is 1. The lowest BCUT2D eigenvalue weighted by Crippen LogP contribution is -2.50. The van der Waals surface area contributed by atoms with Crippen LogP contribution in [0.1, 0.15) is 59.4 Å². The van der Waals surface area contributed by atoms with Crippen molar-refractivity contribution >= 4 is 23.4 Å². The molecule has 31 heavy (non-hydrogen) atoms. The zero-order valence-corrected chi connectivity index (χ0v) is 18.1. The highest BCUT2D eigenvalue weighted by Gasteiger charge is 2.43. The van der Waals surface area contributed by atoms with Gasteiger partial charge in [0.1, 0.15) is 6.04 Å². The van der Waals surface area contributed by atoms with E-state index < -0.39 is 17.9 Å². The van der Waals surface area contributed by atoms with Gasteiger partial charge in [-0.1, -0.05) is 44.5 Å². The molecule has 0 aliphatic carbocycles. The van der Waals surface area contributed by atoms with Crippen molar-refractivity contribution in [3.05, 3.63) is 65.2 Å². The smallest absolute Gasteiger partial charge is 0.262 e. The average Bonchev–Trinajstić information content (AvgIpc) is 3.01. The van der Waals surface area contributed by atoms with E-state index in [1.165, 1.54) is 24.8 Å². The first-order chi connectivity index (χ1) is 15.0. The third kappa shape index (κ3) is 4.39. The molecule has 0 radical (unpaired) electrons. The molecular formula is C25H29N3O3. The largest absolute Gasteiger partial charge is 0.324 e. The second-order valence-electron chi connectivity index (χ2n) is 8.74. The molecule has 2 aliphatic rings. The van der Waals surface area contributed by atoms with Crippen molar-refractivity contribution in [2.45, 2.75) is 45.7 Å². The number of nitrogens with zero attached hydrogens (tertiary/aromatic N) is 2. The van der Waals surface area contributed by atoms with Gasteiger partial charge in [-0.25, -0.2) is 0 Å². The zero-order chi connectivity index (χ0) is 22.0.